The Labute approximate surface area is 187 Å². The van der Waals surface area contributed by atoms with Crippen LogP contribution in [0.15, 0.2) is 18.5 Å². The first-order chi connectivity index (χ1) is 15.5. The Hall–Kier alpha value is -3.43. The Morgan fingerprint density at radius 1 is 1.19 bits per heavy atom. The number of nitrogen functional groups attached to an aromatic ring is 1. The number of fused-ring (bicyclic) bond motifs is 1. The van der Waals surface area contributed by atoms with E-state index in [-0.39, 0.29) is 11.9 Å². The molecule has 10 nitrogen and oxygen atoms in total. The first-order valence-electron chi connectivity index (χ1n) is 11.0. The van der Waals surface area contributed by atoms with Crippen LogP contribution in [0.3, 0.4) is 0 Å². The molecule has 1 saturated heterocycles. The number of aryl methyl sites for hydroxylation is 1. The van der Waals surface area contributed by atoms with Gasteiger partial charge in [0.1, 0.15) is 5.82 Å². The average Bonchev–Trinajstić information content (AvgIpc) is 3.17. The van der Waals surface area contributed by atoms with Crippen LogP contribution in [-0.2, 0) is 11.2 Å². The smallest absolute Gasteiger partial charge is 0.336 e. The fraction of sp³-hybridized carbons (Fsp3) is 0.500. The number of amides is 1. The van der Waals surface area contributed by atoms with Gasteiger partial charge in [-0.25, -0.2) is 14.5 Å². The minimum atomic E-state index is 0.126. The highest BCUT2D eigenvalue weighted by Gasteiger charge is 2.21. The summed E-state index contributed by atoms with van der Waals surface area (Å²) in [5, 5.41) is 4.48. The van der Waals surface area contributed by atoms with Crippen molar-refractivity contribution in [3.05, 3.63) is 35.3 Å². The lowest BCUT2D eigenvalue weighted by Crippen LogP contribution is -2.48. The molecule has 1 aliphatic rings. The highest BCUT2D eigenvalue weighted by atomic mass is 16.5. The summed E-state index contributed by atoms with van der Waals surface area (Å²) in [6.07, 6.45) is 6.23. The van der Waals surface area contributed by atoms with E-state index in [0.717, 1.165) is 61.7 Å². The highest BCUT2D eigenvalue weighted by Crippen LogP contribution is 2.22. The molecule has 170 valence electrons. The van der Waals surface area contributed by atoms with E-state index >= 15 is 0 Å². The minimum absolute atomic E-state index is 0.126. The molecule has 0 aromatic carbocycles. The molecule has 32 heavy (non-hydrogen) atoms. The van der Waals surface area contributed by atoms with E-state index in [0.29, 0.717) is 24.5 Å². The lowest BCUT2D eigenvalue weighted by molar-refractivity contribution is -0.129. The van der Waals surface area contributed by atoms with Crippen LogP contribution < -0.4 is 15.4 Å². The molecule has 2 N–H and O–H groups in total. The zero-order chi connectivity index (χ0) is 22.7. The number of nitrogens with two attached hydrogens (primary N) is 1. The maximum absolute atomic E-state index is 11.6. The van der Waals surface area contributed by atoms with Crippen LogP contribution in [0.2, 0.25) is 0 Å². The number of rotatable bonds is 7. The Balaban J connectivity index is 1.50. The number of pyridine rings is 1. The predicted octanol–water partition coefficient (Wildman–Crippen LogP) is 1.85. The summed E-state index contributed by atoms with van der Waals surface area (Å²) in [7, 11) is 0. The van der Waals surface area contributed by atoms with E-state index < -0.39 is 0 Å². The van der Waals surface area contributed by atoms with E-state index in [1.54, 1.807) is 17.6 Å². The number of imidazole rings is 1. The monoisotopic (exact) mass is 438 g/mol. The molecule has 1 amide bonds. The van der Waals surface area contributed by atoms with Gasteiger partial charge in [0.15, 0.2) is 11.5 Å². The van der Waals surface area contributed by atoms with Crippen molar-refractivity contribution >= 4 is 23.2 Å². The van der Waals surface area contributed by atoms with Crippen LogP contribution in [-0.4, -0.2) is 68.2 Å². The van der Waals surface area contributed by atoms with Gasteiger partial charge in [0.05, 0.1) is 18.5 Å². The van der Waals surface area contributed by atoms with Crippen molar-refractivity contribution in [1.82, 2.24) is 29.5 Å². The van der Waals surface area contributed by atoms with Gasteiger partial charge in [-0.3, -0.25) is 4.79 Å². The maximum Gasteiger partial charge on any atom is 0.336 e. The van der Waals surface area contributed by atoms with Gasteiger partial charge in [0, 0.05) is 45.7 Å². The number of unbranched alkanes of at least 4 members (excludes halogenated alkanes) is 1. The molecule has 0 atom stereocenters. The molecule has 0 saturated carbocycles. The molecule has 0 unspecified atom stereocenters. The van der Waals surface area contributed by atoms with Crippen LogP contribution in [0.4, 0.5) is 11.6 Å². The van der Waals surface area contributed by atoms with E-state index in [9.17, 15) is 4.79 Å². The van der Waals surface area contributed by atoms with Gasteiger partial charge < -0.3 is 20.3 Å². The van der Waals surface area contributed by atoms with Crippen molar-refractivity contribution < 1.29 is 9.53 Å². The van der Waals surface area contributed by atoms with Crippen molar-refractivity contribution in [1.29, 1.82) is 0 Å². The van der Waals surface area contributed by atoms with Crippen LogP contribution in [0.25, 0.3) is 5.65 Å². The number of ether oxygens (including phenoxy) is 1. The van der Waals surface area contributed by atoms with E-state index in [1.807, 2.05) is 11.1 Å². The summed E-state index contributed by atoms with van der Waals surface area (Å²) in [6.45, 7) is 9.37. The van der Waals surface area contributed by atoms with Gasteiger partial charge in [-0.2, -0.15) is 4.98 Å². The second-order valence-corrected chi connectivity index (χ2v) is 8.12. The van der Waals surface area contributed by atoms with Gasteiger partial charge in [-0.1, -0.05) is 19.4 Å². The predicted molar refractivity (Wildman–Crippen MR) is 122 cm³/mol. The Bertz CT molecular complexity index is 1100. The topological polar surface area (TPSA) is 115 Å². The van der Waals surface area contributed by atoms with Crippen LogP contribution in [0.5, 0.6) is 6.01 Å². The maximum atomic E-state index is 11.6. The van der Waals surface area contributed by atoms with Crippen molar-refractivity contribution in [3.63, 3.8) is 0 Å². The summed E-state index contributed by atoms with van der Waals surface area (Å²) in [4.78, 5) is 29.0. The number of nitrogens with zero attached hydrogens (tertiary/aromatic N) is 7. The third-order valence-electron chi connectivity index (χ3n) is 5.69. The van der Waals surface area contributed by atoms with Crippen LogP contribution in [0, 0.1) is 6.92 Å². The fourth-order valence-electron chi connectivity index (χ4n) is 3.91. The number of carbonyl (C=O) groups excluding carboxylic acids is 1. The van der Waals surface area contributed by atoms with Gasteiger partial charge in [-0.05, 0) is 24.5 Å². The Morgan fingerprint density at radius 2 is 1.97 bits per heavy atom. The summed E-state index contributed by atoms with van der Waals surface area (Å²) < 4.78 is 7.34. The average molecular weight is 439 g/mol. The number of anilines is 2. The zero-order valence-corrected chi connectivity index (χ0v) is 18.9. The lowest BCUT2D eigenvalue weighted by Gasteiger charge is -2.35. The number of aromatic nitrogens is 5. The molecular weight excluding hydrogens is 408 g/mol. The van der Waals surface area contributed by atoms with Crippen molar-refractivity contribution in [2.45, 2.75) is 40.0 Å². The molecule has 4 heterocycles. The van der Waals surface area contributed by atoms with Crippen molar-refractivity contribution in [3.8, 4) is 6.01 Å². The van der Waals surface area contributed by atoms with Crippen molar-refractivity contribution in [2.24, 2.45) is 0 Å². The molecule has 0 spiro atoms. The normalized spacial score (nSPS) is 14.2. The van der Waals surface area contributed by atoms with Gasteiger partial charge in [0.25, 0.3) is 0 Å². The largest absolute Gasteiger partial charge is 0.462 e. The second-order valence-electron chi connectivity index (χ2n) is 8.12. The first kappa shape index (κ1) is 21.8. The molecule has 0 aliphatic carbocycles. The molecule has 10 heteroatoms. The molecule has 1 fully saturated rings. The van der Waals surface area contributed by atoms with E-state index in [2.05, 4.69) is 39.9 Å². The SMILES string of the molecule is CCCCOc1nc(N)c2ncc(Cc3cnc(N4CCN(C(C)=O)CC4)c(C)c3)n2n1. The molecule has 3 aromatic heterocycles. The fourth-order valence-corrected chi connectivity index (χ4v) is 3.91. The molecule has 4 rings (SSSR count). The summed E-state index contributed by atoms with van der Waals surface area (Å²) in [6, 6.07) is 2.40. The number of hydrogen-bond acceptors (Lipinski definition) is 8. The minimum Gasteiger partial charge on any atom is -0.462 e. The van der Waals surface area contributed by atoms with Crippen LogP contribution in [0.1, 0.15) is 43.5 Å². The van der Waals surface area contributed by atoms with Gasteiger partial charge in [0.2, 0.25) is 5.91 Å². The molecule has 3 aromatic rings. The summed E-state index contributed by atoms with van der Waals surface area (Å²) in [5.41, 5.74) is 9.63. The molecular formula is C22H30N8O2. The van der Waals surface area contributed by atoms with Gasteiger partial charge in [-0.15, -0.1) is 5.10 Å². The molecule has 0 bridgehead atoms. The molecule has 0 radical (unpaired) electrons. The number of piperazine rings is 1. The highest BCUT2D eigenvalue weighted by molar-refractivity contribution is 5.73. The first-order valence-corrected chi connectivity index (χ1v) is 11.0. The zero-order valence-electron chi connectivity index (χ0n) is 18.9. The third kappa shape index (κ3) is 4.58. The summed E-state index contributed by atoms with van der Waals surface area (Å²) in [5.74, 6) is 1.39. The quantitative estimate of drug-likeness (QED) is 0.556. The van der Waals surface area contributed by atoms with E-state index in [4.69, 9.17) is 15.5 Å². The standard InChI is InChI=1S/C22H30N8O2/c1-4-5-10-32-22-26-19(23)21-25-14-18(30(21)27-22)12-17-11-15(2)20(24-13-17)29-8-6-28(7-9-29)16(3)31/h11,13-14H,4-10,12H2,1-3H3,(H2,23,26,27). The number of hydrogen-bond donors (Lipinski definition) is 1. The lowest BCUT2D eigenvalue weighted by atomic mass is 10.1. The summed E-state index contributed by atoms with van der Waals surface area (Å²) >= 11 is 0. The molecule has 1 aliphatic heterocycles. The number of carbonyl (C=O) groups is 1. The third-order valence-corrected chi connectivity index (χ3v) is 5.69. The van der Waals surface area contributed by atoms with E-state index in [1.165, 1.54) is 0 Å². The Kier molecular flexibility index (Phi) is 6.38. The van der Waals surface area contributed by atoms with Crippen LogP contribution >= 0.6 is 0 Å². The Morgan fingerprint density at radius 3 is 2.66 bits per heavy atom. The van der Waals surface area contributed by atoms with Crippen molar-refractivity contribution in [2.75, 3.05) is 43.4 Å². The second kappa shape index (κ2) is 9.37. The van der Waals surface area contributed by atoms with Gasteiger partial charge >= 0.3 is 6.01 Å².